The number of carbonyl (C=O) groups excluding carboxylic acids is 1. The minimum absolute atomic E-state index is 0.0965. The van der Waals surface area contributed by atoms with Crippen LogP contribution in [0.2, 0.25) is 0 Å². The number of thiazole rings is 1. The fraction of sp³-hybridized carbons (Fsp3) is 0.450. The van der Waals surface area contributed by atoms with E-state index >= 15 is 0 Å². The first kappa shape index (κ1) is 19.4. The molecule has 2 atom stereocenters. The molecule has 144 valence electrons. The summed E-state index contributed by atoms with van der Waals surface area (Å²) in [6.45, 7) is 2.23. The summed E-state index contributed by atoms with van der Waals surface area (Å²) in [6, 6.07) is 7.17. The first-order chi connectivity index (χ1) is 12.9. The van der Waals surface area contributed by atoms with Crippen molar-refractivity contribution in [2.24, 2.45) is 5.92 Å². The van der Waals surface area contributed by atoms with Crippen molar-refractivity contribution < 1.29 is 19.4 Å². The minimum atomic E-state index is -0.928. The van der Waals surface area contributed by atoms with Crippen LogP contribution in [0.5, 0.6) is 5.75 Å². The number of fused-ring (bicyclic) bond motifs is 1. The molecule has 1 heterocycles. The SMILES string of the molecule is COc1ccc(C(CC(=O)O)CC(=O)Nc2nc3c(s2)CC(C)CC3)cc1. The molecule has 0 saturated heterocycles. The predicted molar refractivity (Wildman–Crippen MR) is 105 cm³/mol. The molecule has 2 unspecified atom stereocenters. The number of aliphatic carboxylic acids is 1. The molecule has 1 aliphatic rings. The van der Waals surface area contributed by atoms with Crippen molar-refractivity contribution in [3.05, 3.63) is 40.4 Å². The van der Waals surface area contributed by atoms with Gasteiger partial charge in [-0.1, -0.05) is 19.1 Å². The highest BCUT2D eigenvalue weighted by Crippen LogP contribution is 2.33. The van der Waals surface area contributed by atoms with Gasteiger partial charge >= 0.3 is 5.97 Å². The standard InChI is InChI=1S/C20H24N2O4S/c1-12-3-8-16-17(9-12)27-20(21-16)22-18(23)10-14(11-19(24)25)13-4-6-15(26-2)7-5-13/h4-7,12,14H,3,8-11H2,1-2H3,(H,24,25)(H,21,22,23). The van der Waals surface area contributed by atoms with E-state index in [0.717, 1.165) is 30.5 Å². The van der Waals surface area contributed by atoms with E-state index in [9.17, 15) is 14.7 Å². The van der Waals surface area contributed by atoms with Crippen molar-refractivity contribution in [2.45, 2.75) is 44.9 Å². The van der Waals surface area contributed by atoms with Gasteiger partial charge in [0.2, 0.25) is 5.91 Å². The molecular formula is C20H24N2O4S. The number of aryl methyl sites for hydroxylation is 1. The van der Waals surface area contributed by atoms with Gasteiger partial charge in [0, 0.05) is 17.2 Å². The van der Waals surface area contributed by atoms with Gasteiger partial charge in [-0.3, -0.25) is 9.59 Å². The van der Waals surface area contributed by atoms with Crippen LogP contribution >= 0.6 is 11.3 Å². The number of anilines is 1. The lowest BCUT2D eigenvalue weighted by Gasteiger charge is -2.15. The summed E-state index contributed by atoms with van der Waals surface area (Å²) in [6.07, 6.45) is 3.08. The largest absolute Gasteiger partial charge is 0.497 e. The molecule has 0 saturated carbocycles. The average molecular weight is 388 g/mol. The van der Waals surface area contributed by atoms with Gasteiger partial charge in [0.25, 0.3) is 0 Å². The molecule has 1 aromatic heterocycles. The third-order valence-electron chi connectivity index (χ3n) is 4.87. The van der Waals surface area contributed by atoms with E-state index in [2.05, 4.69) is 17.2 Å². The second kappa shape index (κ2) is 8.52. The van der Waals surface area contributed by atoms with Crippen molar-refractivity contribution in [3.8, 4) is 5.75 Å². The summed E-state index contributed by atoms with van der Waals surface area (Å²) >= 11 is 1.53. The Labute approximate surface area is 162 Å². The monoisotopic (exact) mass is 388 g/mol. The number of hydrogen-bond acceptors (Lipinski definition) is 5. The number of ether oxygens (including phenoxy) is 1. The van der Waals surface area contributed by atoms with E-state index < -0.39 is 11.9 Å². The number of hydrogen-bond donors (Lipinski definition) is 2. The van der Waals surface area contributed by atoms with Crippen molar-refractivity contribution >= 4 is 28.3 Å². The average Bonchev–Trinajstić information content (AvgIpc) is 3.02. The molecule has 6 nitrogen and oxygen atoms in total. The molecule has 0 radical (unpaired) electrons. The van der Waals surface area contributed by atoms with E-state index in [1.807, 2.05) is 12.1 Å². The summed E-state index contributed by atoms with van der Waals surface area (Å²) in [4.78, 5) is 29.6. The smallest absolute Gasteiger partial charge is 0.303 e. The Balaban J connectivity index is 1.68. The number of amides is 1. The lowest BCUT2D eigenvalue weighted by atomic mass is 9.92. The zero-order valence-electron chi connectivity index (χ0n) is 15.5. The van der Waals surface area contributed by atoms with Gasteiger partial charge in [-0.05, 0) is 42.9 Å². The lowest BCUT2D eigenvalue weighted by Crippen LogP contribution is -2.17. The van der Waals surface area contributed by atoms with Gasteiger partial charge in [0.05, 0.1) is 19.2 Å². The molecule has 0 aliphatic heterocycles. The van der Waals surface area contributed by atoms with E-state index in [1.165, 1.54) is 16.2 Å². The lowest BCUT2D eigenvalue weighted by molar-refractivity contribution is -0.137. The van der Waals surface area contributed by atoms with Gasteiger partial charge in [0.15, 0.2) is 5.13 Å². The normalized spacial score (nSPS) is 17.0. The second-order valence-electron chi connectivity index (χ2n) is 7.06. The Morgan fingerprint density at radius 3 is 2.74 bits per heavy atom. The number of carbonyl (C=O) groups is 2. The van der Waals surface area contributed by atoms with Crippen molar-refractivity contribution in [3.63, 3.8) is 0 Å². The Morgan fingerprint density at radius 1 is 1.33 bits per heavy atom. The van der Waals surface area contributed by atoms with E-state index in [0.29, 0.717) is 16.8 Å². The summed E-state index contributed by atoms with van der Waals surface area (Å²) in [7, 11) is 1.57. The summed E-state index contributed by atoms with van der Waals surface area (Å²) < 4.78 is 5.13. The highest BCUT2D eigenvalue weighted by Gasteiger charge is 2.23. The fourth-order valence-corrected chi connectivity index (χ4v) is 4.57. The number of carboxylic acid groups (broad SMARTS) is 1. The maximum Gasteiger partial charge on any atom is 0.303 e. The Hall–Kier alpha value is -2.41. The molecule has 3 rings (SSSR count). The molecule has 0 bridgehead atoms. The minimum Gasteiger partial charge on any atom is -0.497 e. The Bertz CT molecular complexity index is 816. The number of nitrogens with one attached hydrogen (secondary N) is 1. The van der Waals surface area contributed by atoms with Crippen molar-refractivity contribution in [1.82, 2.24) is 4.98 Å². The number of carboxylic acids is 1. The van der Waals surface area contributed by atoms with Gasteiger partial charge < -0.3 is 15.2 Å². The highest BCUT2D eigenvalue weighted by molar-refractivity contribution is 7.15. The number of aromatic nitrogens is 1. The summed E-state index contributed by atoms with van der Waals surface area (Å²) in [5.41, 5.74) is 1.89. The van der Waals surface area contributed by atoms with Crippen LogP contribution in [-0.2, 0) is 22.4 Å². The second-order valence-corrected chi connectivity index (χ2v) is 8.14. The van der Waals surface area contributed by atoms with E-state index in [1.54, 1.807) is 19.2 Å². The summed E-state index contributed by atoms with van der Waals surface area (Å²) in [5, 5.41) is 12.7. The zero-order valence-corrected chi connectivity index (χ0v) is 16.3. The molecule has 2 N–H and O–H groups in total. The molecule has 2 aromatic rings. The van der Waals surface area contributed by atoms with Crippen LogP contribution in [0.3, 0.4) is 0 Å². The maximum atomic E-state index is 12.5. The quantitative estimate of drug-likeness (QED) is 0.752. The first-order valence-corrected chi connectivity index (χ1v) is 9.90. The summed E-state index contributed by atoms with van der Waals surface area (Å²) in [5.74, 6) is -0.196. The number of methoxy groups -OCH3 is 1. The Kier molecular flexibility index (Phi) is 6.11. The van der Waals surface area contributed by atoms with Crippen LogP contribution in [0.25, 0.3) is 0 Å². The molecule has 0 fully saturated rings. The van der Waals surface area contributed by atoms with Crippen LogP contribution in [0.4, 0.5) is 5.13 Å². The highest BCUT2D eigenvalue weighted by atomic mass is 32.1. The van der Waals surface area contributed by atoms with Gasteiger partial charge in [0.1, 0.15) is 5.75 Å². The molecule has 1 amide bonds. The maximum absolute atomic E-state index is 12.5. The number of benzene rings is 1. The van der Waals surface area contributed by atoms with Crippen LogP contribution in [0.1, 0.15) is 48.2 Å². The van der Waals surface area contributed by atoms with Crippen molar-refractivity contribution in [2.75, 3.05) is 12.4 Å². The molecular weight excluding hydrogens is 364 g/mol. The van der Waals surface area contributed by atoms with Gasteiger partial charge in [-0.15, -0.1) is 11.3 Å². The third-order valence-corrected chi connectivity index (χ3v) is 5.91. The topological polar surface area (TPSA) is 88.5 Å². The van der Waals surface area contributed by atoms with Gasteiger partial charge in [-0.2, -0.15) is 0 Å². The van der Waals surface area contributed by atoms with Crippen molar-refractivity contribution in [1.29, 1.82) is 0 Å². The van der Waals surface area contributed by atoms with Crippen LogP contribution in [0.15, 0.2) is 24.3 Å². The van der Waals surface area contributed by atoms with E-state index in [-0.39, 0.29) is 18.7 Å². The molecule has 7 heteroatoms. The van der Waals surface area contributed by atoms with Crippen LogP contribution < -0.4 is 10.1 Å². The number of nitrogens with zero attached hydrogens (tertiary/aromatic N) is 1. The molecule has 27 heavy (non-hydrogen) atoms. The van der Waals surface area contributed by atoms with Crippen LogP contribution in [-0.4, -0.2) is 29.1 Å². The molecule has 1 aliphatic carbocycles. The third kappa shape index (κ3) is 5.07. The first-order valence-electron chi connectivity index (χ1n) is 9.08. The van der Waals surface area contributed by atoms with E-state index in [4.69, 9.17) is 4.74 Å². The predicted octanol–water partition coefficient (Wildman–Crippen LogP) is 3.86. The zero-order chi connectivity index (χ0) is 19.4. The molecule has 1 aromatic carbocycles. The Morgan fingerprint density at radius 2 is 2.07 bits per heavy atom. The van der Waals surface area contributed by atoms with Gasteiger partial charge in [-0.25, -0.2) is 4.98 Å². The number of rotatable bonds is 7. The molecule has 0 spiro atoms. The fourth-order valence-electron chi connectivity index (χ4n) is 3.38. The van der Waals surface area contributed by atoms with Crippen LogP contribution in [0, 0.1) is 5.92 Å².